The van der Waals surface area contributed by atoms with E-state index in [2.05, 4.69) is 10.2 Å². The third-order valence-corrected chi connectivity index (χ3v) is 3.59. The topological polar surface area (TPSA) is 75.1 Å². The van der Waals surface area contributed by atoms with Crippen molar-refractivity contribution >= 4 is 17.6 Å². The minimum atomic E-state index is -1.40. The van der Waals surface area contributed by atoms with Crippen molar-refractivity contribution in [3.63, 3.8) is 0 Å². The number of aromatic nitrogens is 2. The molecule has 0 saturated heterocycles. The van der Waals surface area contributed by atoms with Crippen molar-refractivity contribution in [2.24, 2.45) is 0 Å². The molecule has 1 aromatic carbocycles. The first kappa shape index (κ1) is 17.2. The predicted molar refractivity (Wildman–Crippen MR) is 74.6 cm³/mol. The second-order valence-corrected chi connectivity index (χ2v) is 5.43. The van der Waals surface area contributed by atoms with Crippen molar-refractivity contribution in [2.45, 2.75) is 25.7 Å². The van der Waals surface area contributed by atoms with Crippen LogP contribution in [0.1, 0.15) is 40.2 Å². The summed E-state index contributed by atoms with van der Waals surface area (Å²) in [6.45, 7) is 1.91. The van der Waals surface area contributed by atoms with E-state index in [0.717, 1.165) is 24.0 Å². The fourth-order valence-electron chi connectivity index (χ4n) is 2.21. The van der Waals surface area contributed by atoms with Gasteiger partial charge >= 0.3 is 29.6 Å². The number of carboxylic acid groups (broad SMARTS) is 1. The van der Waals surface area contributed by atoms with Gasteiger partial charge in [-0.2, -0.15) is 0 Å². The van der Waals surface area contributed by atoms with Crippen molar-refractivity contribution in [1.82, 2.24) is 10.2 Å². The van der Waals surface area contributed by atoms with Crippen LogP contribution in [0.4, 0.5) is 0 Å². The molecular formula is C15H12ClN2NaO3. The SMILES string of the molecule is Cc1cccc(C2CC2)c1Oc1nnc(Cl)cc1C(=O)[O-].[Na+]. The van der Waals surface area contributed by atoms with Crippen LogP contribution >= 0.6 is 11.6 Å². The molecule has 3 rings (SSSR count). The Bertz CT molecular complexity index is 720. The molecule has 108 valence electrons. The van der Waals surface area contributed by atoms with Crippen molar-refractivity contribution in [2.75, 3.05) is 0 Å². The van der Waals surface area contributed by atoms with Crippen LogP contribution in [0.3, 0.4) is 0 Å². The zero-order valence-corrected chi connectivity index (χ0v) is 15.1. The molecule has 7 heteroatoms. The second kappa shape index (κ2) is 6.96. The molecule has 0 unspecified atom stereocenters. The molecule has 0 aliphatic heterocycles. The van der Waals surface area contributed by atoms with E-state index in [-0.39, 0.29) is 46.2 Å². The summed E-state index contributed by atoms with van der Waals surface area (Å²) in [5.74, 6) is -0.398. The first-order chi connectivity index (χ1) is 10.1. The van der Waals surface area contributed by atoms with E-state index in [4.69, 9.17) is 16.3 Å². The van der Waals surface area contributed by atoms with Crippen LogP contribution in [0.2, 0.25) is 5.15 Å². The van der Waals surface area contributed by atoms with Crippen molar-refractivity contribution in [1.29, 1.82) is 0 Å². The van der Waals surface area contributed by atoms with Crippen LogP contribution in [0.5, 0.6) is 11.6 Å². The van der Waals surface area contributed by atoms with Crippen LogP contribution in [-0.4, -0.2) is 16.2 Å². The first-order valence-corrected chi connectivity index (χ1v) is 6.96. The smallest absolute Gasteiger partial charge is 0.545 e. The number of aryl methyl sites for hydroxylation is 1. The number of hydrogen-bond acceptors (Lipinski definition) is 5. The summed E-state index contributed by atoms with van der Waals surface area (Å²) in [5.41, 5.74) is 1.77. The number of carbonyl (C=O) groups excluding carboxylic acids is 1. The third-order valence-electron chi connectivity index (χ3n) is 3.41. The molecule has 0 spiro atoms. The summed E-state index contributed by atoms with van der Waals surface area (Å²) < 4.78 is 5.74. The number of nitrogens with zero attached hydrogens (tertiary/aromatic N) is 2. The van der Waals surface area contributed by atoms with Gasteiger partial charge in [0, 0.05) is 0 Å². The van der Waals surface area contributed by atoms with E-state index in [0.29, 0.717) is 11.7 Å². The molecule has 0 atom stereocenters. The van der Waals surface area contributed by atoms with Crippen molar-refractivity contribution in [3.05, 3.63) is 46.1 Å². The van der Waals surface area contributed by atoms with Gasteiger partial charge in [0.1, 0.15) is 5.75 Å². The van der Waals surface area contributed by atoms with Gasteiger partial charge in [0.25, 0.3) is 0 Å². The van der Waals surface area contributed by atoms with Crippen LogP contribution < -0.4 is 39.4 Å². The van der Waals surface area contributed by atoms with E-state index < -0.39 is 5.97 Å². The fraction of sp³-hybridized carbons (Fsp3) is 0.267. The van der Waals surface area contributed by atoms with Gasteiger partial charge < -0.3 is 14.6 Å². The third kappa shape index (κ3) is 3.60. The molecule has 22 heavy (non-hydrogen) atoms. The van der Waals surface area contributed by atoms with Gasteiger partial charge in [-0.05, 0) is 42.9 Å². The molecule has 1 saturated carbocycles. The standard InChI is InChI=1S/C15H13ClN2O3.Na/c1-8-3-2-4-10(9-5-6-9)13(8)21-14-11(15(19)20)7-12(16)17-18-14;/h2-4,7,9H,5-6H2,1H3,(H,19,20);/q;+1/p-1. The molecule has 1 aliphatic carbocycles. The Morgan fingerprint density at radius 3 is 2.73 bits per heavy atom. The van der Waals surface area contributed by atoms with Gasteiger partial charge in [-0.3, -0.25) is 0 Å². The molecule has 0 N–H and O–H groups in total. The van der Waals surface area contributed by atoms with Crippen molar-refractivity contribution < 1.29 is 44.2 Å². The Morgan fingerprint density at radius 2 is 2.09 bits per heavy atom. The summed E-state index contributed by atoms with van der Waals surface area (Å²) in [6.07, 6.45) is 2.22. The molecule has 0 radical (unpaired) electrons. The Kier molecular flexibility index (Phi) is 5.45. The quantitative estimate of drug-likeness (QED) is 0.707. The van der Waals surface area contributed by atoms with Crippen LogP contribution in [0, 0.1) is 6.92 Å². The summed E-state index contributed by atoms with van der Waals surface area (Å²) in [7, 11) is 0. The zero-order chi connectivity index (χ0) is 15.0. The summed E-state index contributed by atoms with van der Waals surface area (Å²) in [4.78, 5) is 11.2. The second-order valence-electron chi connectivity index (χ2n) is 5.04. The molecular weight excluding hydrogens is 315 g/mol. The zero-order valence-electron chi connectivity index (χ0n) is 12.3. The summed E-state index contributed by atoms with van der Waals surface area (Å²) in [6, 6.07) is 7.03. The minimum Gasteiger partial charge on any atom is -0.545 e. The molecule has 0 amide bonds. The summed E-state index contributed by atoms with van der Waals surface area (Å²) >= 11 is 5.67. The Morgan fingerprint density at radius 1 is 1.36 bits per heavy atom. The largest absolute Gasteiger partial charge is 1.00 e. The van der Waals surface area contributed by atoms with Gasteiger partial charge in [-0.15, -0.1) is 10.2 Å². The number of carbonyl (C=O) groups is 1. The Balaban J connectivity index is 0.00000176. The Labute approximate surface area is 155 Å². The monoisotopic (exact) mass is 326 g/mol. The number of aromatic carboxylic acids is 1. The van der Waals surface area contributed by atoms with Gasteiger partial charge in [0.05, 0.1) is 11.5 Å². The molecule has 1 aliphatic rings. The number of ether oxygens (including phenoxy) is 1. The van der Waals surface area contributed by atoms with Crippen LogP contribution in [0.25, 0.3) is 0 Å². The van der Waals surface area contributed by atoms with E-state index in [1.54, 1.807) is 0 Å². The Hall–Kier alpha value is -1.14. The minimum absolute atomic E-state index is 0. The number of carboxylic acids is 1. The molecule has 1 fully saturated rings. The van der Waals surface area contributed by atoms with Crippen molar-refractivity contribution in [3.8, 4) is 11.6 Å². The number of benzene rings is 1. The van der Waals surface area contributed by atoms with E-state index in [1.807, 2.05) is 25.1 Å². The number of rotatable bonds is 4. The average Bonchev–Trinajstić information content (AvgIpc) is 3.27. The number of para-hydroxylation sites is 1. The molecule has 1 aromatic heterocycles. The van der Waals surface area contributed by atoms with Gasteiger partial charge in [0.2, 0.25) is 5.88 Å². The van der Waals surface area contributed by atoms with Gasteiger partial charge in [-0.1, -0.05) is 29.8 Å². The van der Waals surface area contributed by atoms with E-state index >= 15 is 0 Å². The summed E-state index contributed by atoms with van der Waals surface area (Å²) in [5, 5.41) is 18.5. The predicted octanol–water partition coefficient (Wildman–Crippen LogP) is -0.524. The number of halogens is 1. The maximum absolute atomic E-state index is 11.2. The maximum Gasteiger partial charge on any atom is 1.00 e. The fourth-order valence-corrected chi connectivity index (χ4v) is 2.35. The molecule has 5 nitrogen and oxygen atoms in total. The van der Waals surface area contributed by atoms with Crippen LogP contribution in [0.15, 0.2) is 24.3 Å². The van der Waals surface area contributed by atoms with Crippen LogP contribution in [-0.2, 0) is 0 Å². The first-order valence-electron chi connectivity index (χ1n) is 6.58. The molecule has 0 bridgehead atoms. The van der Waals surface area contributed by atoms with E-state index in [1.165, 1.54) is 6.07 Å². The normalized spacial score (nSPS) is 13.4. The van der Waals surface area contributed by atoms with Gasteiger partial charge in [0.15, 0.2) is 5.15 Å². The molecule has 2 aromatic rings. The molecule has 1 heterocycles. The van der Waals surface area contributed by atoms with Gasteiger partial charge in [-0.25, -0.2) is 0 Å². The van der Waals surface area contributed by atoms with E-state index in [9.17, 15) is 9.90 Å². The maximum atomic E-state index is 11.2. The average molecular weight is 327 g/mol. The number of hydrogen-bond donors (Lipinski definition) is 0.